The topological polar surface area (TPSA) is 52.1 Å². The average molecular weight is 425 g/mol. The average Bonchev–Trinajstić information content (AvgIpc) is 3.52. The zero-order valence-electron chi connectivity index (χ0n) is 16.7. The number of ether oxygens (including phenoxy) is 1. The van der Waals surface area contributed by atoms with Gasteiger partial charge < -0.3 is 4.74 Å². The molecule has 1 saturated carbocycles. The van der Waals surface area contributed by atoms with Gasteiger partial charge in [0, 0.05) is 21.7 Å². The van der Waals surface area contributed by atoms with Crippen LogP contribution in [0.25, 0.3) is 10.2 Å². The van der Waals surface area contributed by atoms with Gasteiger partial charge in [0.25, 0.3) is 0 Å². The van der Waals surface area contributed by atoms with Crippen molar-refractivity contribution in [1.29, 1.82) is 0 Å². The number of rotatable bonds is 6. The van der Waals surface area contributed by atoms with Crippen molar-refractivity contribution >= 4 is 39.1 Å². The highest BCUT2D eigenvalue weighted by molar-refractivity contribution is 8.00. The van der Waals surface area contributed by atoms with Gasteiger partial charge in [0.05, 0.1) is 12.9 Å². The minimum Gasteiger partial charge on any atom is -0.497 e. The van der Waals surface area contributed by atoms with E-state index >= 15 is 0 Å². The molecule has 0 bridgehead atoms. The zero-order valence-corrected chi connectivity index (χ0v) is 18.4. The number of aromatic nitrogens is 2. The molecule has 2 heterocycles. The van der Waals surface area contributed by atoms with E-state index in [-0.39, 0.29) is 5.78 Å². The molecule has 1 aromatic carbocycles. The van der Waals surface area contributed by atoms with E-state index in [0.717, 1.165) is 40.2 Å². The molecule has 2 aliphatic rings. The summed E-state index contributed by atoms with van der Waals surface area (Å²) in [7, 11) is 1.63. The smallest absolute Gasteiger partial charge is 0.173 e. The summed E-state index contributed by atoms with van der Waals surface area (Å²) in [6, 6.07) is 7.34. The lowest BCUT2D eigenvalue weighted by Crippen LogP contribution is -2.09. The van der Waals surface area contributed by atoms with Crippen molar-refractivity contribution in [3.63, 3.8) is 0 Å². The predicted octanol–water partition coefficient (Wildman–Crippen LogP) is 5.68. The number of nitrogens with zero attached hydrogens (tertiary/aromatic N) is 2. The lowest BCUT2D eigenvalue weighted by molar-refractivity contribution is 0.102. The highest BCUT2D eigenvalue weighted by Crippen LogP contribution is 2.44. The molecule has 3 aromatic rings. The fraction of sp³-hybridized carbons (Fsp3) is 0.435. The molecule has 2 aliphatic carbocycles. The minimum atomic E-state index is 0.120. The lowest BCUT2D eigenvalue weighted by Gasteiger charge is -2.18. The van der Waals surface area contributed by atoms with Gasteiger partial charge in [-0.15, -0.1) is 11.3 Å². The summed E-state index contributed by atoms with van der Waals surface area (Å²) in [4.78, 5) is 25.2. The van der Waals surface area contributed by atoms with Crippen molar-refractivity contribution < 1.29 is 9.53 Å². The molecule has 0 saturated heterocycles. The standard InChI is InChI=1S/C23H24N2O2S2/c1-13-3-10-17-19(11-13)29-23-20(17)22(24-21(25-23)15-4-5-15)28-12-18(26)14-6-8-16(27-2)9-7-14/h6-9,13,15H,3-5,10-12H2,1-2H3/t13-/m1/s1. The van der Waals surface area contributed by atoms with Crippen LogP contribution in [0.5, 0.6) is 5.75 Å². The summed E-state index contributed by atoms with van der Waals surface area (Å²) in [5.41, 5.74) is 2.15. The van der Waals surface area contributed by atoms with Crippen molar-refractivity contribution in [2.75, 3.05) is 12.9 Å². The van der Waals surface area contributed by atoms with Crippen LogP contribution in [0.2, 0.25) is 0 Å². The first-order chi connectivity index (χ1) is 14.1. The number of carbonyl (C=O) groups excluding carboxylic acids is 1. The molecule has 6 heteroatoms. The summed E-state index contributed by atoms with van der Waals surface area (Å²) in [6.45, 7) is 2.33. The highest BCUT2D eigenvalue weighted by atomic mass is 32.2. The molecule has 4 nitrogen and oxygen atoms in total. The number of hydrogen-bond acceptors (Lipinski definition) is 6. The fourth-order valence-corrected chi connectivity index (χ4v) is 6.36. The Morgan fingerprint density at radius 1 is 1.21 bits per heavy atom. The maximum Gasteiger partial charge on any atom is 0.173 e. The summed E-state index contributed by atoms with van der Waals surface area (Å²) in [6.07, 6.45) is 5.83. The normalized spacial score (nSPS) is 18.6. The molecule has 1 atom stereocenters. The summed E-state index contributed by atoms with van der Waals surface area (Å²) in [5, 5.41) is 2.22. The molecule has 0 aliphatic heterocycles. The van der Waals surface area contributed by atoms with Crippen LogP contribution in [-0.2, 0) is 12.8 Å². The van der Waals surface area contributed by atoms with Gasteiger partial charge >= 0.3 is 0 Å². The molecule has 150 valence electrons. The Bertz CT molecular complexity index is 1070. The van der Waals surface area contributed by atoms with E-state index in [1.54, 1.807) is 18.9 Å². The SMILES string of the molecule is COc1ccc(C(=O)CSc2nc(C3CC3)nc3sc4c(c23)CC[C@@H](C)C4)cc1. The van der Waals surface area contributed by atoms with E-state index < -0.39 is 0 Å². The molecule has 2 aromatic heterocycles. The van der Waals surface area contributed by atoms with E-state index in [9.17, 15) is 4.79 Å². The first kappa shape index (κ1) is 19.1. The summed E-state index contributed by atoms with van der Waals surface area (Å²) >= 11 is 3.42. The van der Waals surface area contributed by atoms with Crippen molar-refractivity contribution in [2.24, 2.45) is 5.92 Å². The third-order valence-corrected chi connectivity index (χ3v) is 7.96. The van der Waals surface area contributed by atoms with Gasteiger partial charge in [-0.3, -0.25) is 4.79 Å². The molecule has 0 N–H and O–H groups in total. The number of thioether (sulfide) groups is 1. The Morgan fingerprint density at radius 2 is 2.00 bits per heavy atom. The van der Waals surface area contributed by atoms with Crippen LogP contribution in [-0.4, -0.2) is 28.6 Å². The Morgan fingerprint density at radius 3 is 2.72 bits per heavy atom. The van der Waals surface area contributed by atoms with Crippen LogP contribution in [0.1, 0.15) is 58.7 Å². The first-order valence-electron chi connectivity index (χ1n) is 10.2. The maximum absolute atomic E-state index is 12.8. The maximum atomic E-state index is 12.8. The molecule has 0 amide bonds. The number of Topliss-reactive ketones (excluding diaryl/α,β-unsaturated/α-hetero) is 1. The van der Waals surface area contributed by atoms with Crippen LogP contribution in [0.15, 0.2) is 29.3 Å². The van der Waals surface area contributed by atoms with Gasteiger partial charge in [-0.05, 0) is 67.9 Å². The Labute approximate surface area is 179 Å². The van der Waals surface area contributed by atoms with Gasteiger partial charge in [-0.2, -0.15) is 0 Å². The highest BCUT2D eigenvalue weighted by Gasteiger charge is 2.30. The second kappa shape index (κ2) is 7.73. The van der Waals surface area contributed by atoms with Gasteiger partial charge in [-0.1, -0.05) is 18.7 Å². The molecule has 5 rings (SSSR count). The lowest BCUT2D eigenvalue weighted by atomic mass is 9.89. The number of fused-ring (bicyclic) bond motifs is 3. The van der Waals surface area contributed by atoms with E-state index in [4.69, 9.17) is 14.7 Å². The number of ketones is 1. The number of methoxy groups -OCH3 is 1. The van der Waals surface area contributed by atoms with Gasteiger partial charge in [0.15, 0.2) is 5.78 Å². The van der Waals surface area contributed by atoms with E-state index in [1.807, 2.05) is 35.6 Å². The molecule has 0 radical (unpaired) electrons. The first-order valence-corrected chi connectivity index (χ1v) is 12.0. The predicted molar refractivity (Wildman–Crippen MR) is 119 cm³/mol. The molecular formula is C23H24N2O2S2. The van der Waals surface area contributed by atoms with E-state index in [0.29, 0.717) is 17.2 Å². The Kier molecular flexibility index (Phi) is 5.08. The third-order valence-electron chi connectivity index (χ3n) is 5.83. The molecule has 29 heavy (non-hydrogen) atoms. The monoisotopic (exact) mass is 424 g/mol. The molecule has 0 unspecified atom stereocenters. The third kappa shape index (κ3) is 3.80. The summed E-state index contributed by atoms with van der Waals surface area (Å²) in [5.74, 6) is 3.50. The van der Waals surface area contributed by atoms with Crippen LogP contribution < -0.4 is 4.74 Å². The second-order valence-corrected chi connectivity index (χ2v) is 10.2. The minimum absolute atomic E-state index is 0.120. The number of hydrogen-bond donors (Lipinski definition) is 0. The Hall–Kier alpha value is -1.92. The Balaban J connectivity index is 1.45. The second-order valence-electron chi connectivity index (χ2n) is 8.13. The van der Waals surface area contributed by atoms with Crippen LogP contribution >= 0.6 is 23.1 Å². The van der Waals surface area contributed by atoms with Crippen molar-refractivity contribution in [1.82, 2.24) is 9.97 Å². The van der Waals surface area contributed by atoms with E-state index in [2.05, 4.69) is 6.92 Å². The quantitative estimate of drug-likeness (QED) is 0.290. The van der Waals surface area contributed by atoms with Crippen LogP contribution in [0.3, 0.4) is 0 Å². The number of carbonyl (C=O) groups is 1. The van der Waals surface area contributed by atoms with Gasteiger partial charge in [0.1, 0.15) is 21.4 Å². The number of benzene rings is 1. The largest absolute Gasteiger partial charge is 0.497 e. The van der Waals surface area contributed by atoms with Gasteiger partial charge in [-0.25, -0.2) is 9.97 Å². The number of thiophene rings is 1. The fourth-order valence-electron chi connectivity index (χ4n) is 3.95. The number of aryl methyl sites for hydroxylation is 1. The van der Waals surface area contributed by atoms with E-state index in [1.165, 1.54) is 35.1 Å². The van der Waals surface area contributed by atoms with Gasteiger partial charge in [0.2, 0.25) is 0 Å². The van der Waals surface area contributed by atoms with Crippen molar-refractivity contribution in [3.8, 4) is 5.75 Å². The molecule has 0 spiro atoms. The van der Waals surface area contributed by atoms with Crippen molar-refractivity contribution in [3.05, 3.63) is 46.1 Å². The van der Waals surface area contributed by atoms with Crippen LogP contribution in [0, 0.1) is 5.92 Å². The zero-order chi connectivity index (χ0) is 20.0. The molecule has 1 fully saturated rings. The van der Waals surface area contributed by atoms with Crippen molar-refractivity contribution in [2.45, 2.75) is 50.0 Å². The van der Waals surface area contributed by atoms with Crippen LogP contribution in [0.4, 0.5) is 0 Å². The molecular weight excluding hydrogens is 400 g/mol. The summed E-state index contributed by atoms with van der Waals surface area (Å²) < 4.78 is 5.19.